The minimum Gasteiger partial charge on any atom is -0.496 e. The van der Waals surface area contributed by atoms with Crippen LogP contribution < -0.4 is 15.4 Å². The highest BCUT2D eigenvalue weighted by Gasteiger charge is 2.00. The van der Waals surface area contributed by atoms with Gasteiger partial charge in [-0.25, -0.2) is 0 Å². The Morgan fingerprint density at radius 3 is 2.44 bits per heavy atom. The molecular weight excluding hydrogens is 224 g/mol. The van der Waals surface area contributed by atoms with E-state index in [1.807, 2.05) is 12.1 Å². The van der Waals surface area contributed by atoms with Crippen molar-refractivity contribution in [2.24, 2.45) is 0 Å². The third-order valence-electron chi connectivity index (χ3n) is 2.90. The molecule has 0 radical (unpaired) electrons. The van der Waals surface area contributed by atoms with Gasteiger partial charge in [0, 0.05) is 0 Å². The van der Waals surface area contributed by atoms with Crippen LogP contribution in [0.2, 0.25) is 0 Å². The highest BCUT2D eigenvalue weighted by molar-refractivity contribution is 5.33. The average Bonchev–Trinajstić information content (AvgIpc) is 2.42. The van der Waals surface area contributed by atoms with E-state index in [1.165, 1.54) is 18.4 Å². The van der Waals surface area contributed by atoms with Gasteiger partial charge in [-0.3, -0.25) is 0 Å². The zero-order valence-corrected chi connectivity index (χ0v) is 11.7. The van der Waals surface area contributed by atoms with Crippen molar-refractivity contribution in [3.63, 3.8) is 0 Å². The molecule has 0 aromatic heterocycles. The van der Waals surface area contributed by atoms with Gasteiger partial charge in [0.25, 0.3) is 0 Å². The summed E-state index contributed by atoms with van der Waals surface area (Å²) in [6.45, 7) is 6.51. The average molecular weight is 250 g/mol. The summed E-state index contributed by atoms with van der Waals surface area (Å²) in [5, 5.41) is 6.87. The molecule has 1 aromatic carbocycles. The molecule has 0 saturated carbocycles. The molecule has 0 saturated heterocycles. The fourth-order valence-corrected chi connectivity index (χ4v) is 1.90. The first-order chi connectivity index (χ1) is 8.88. The van der Waals surface area contributed by atoms with E-state index in [4.69, 9.17) is 4.74 Å². The molecule has 0 aliphatic rings. The Morgan fingerprint density at radius 1 is 1.00 bits per heavy atom. The van der Waals surface area contributed by atoms with Gasteiger partial charge < -0.3 is 15.4 Å². The van der Waals surface area contributed by atoms with Gasteiger partial charge in [0.2, 0.25) is 0 Å². The molecule has 0 amide bonds. The van der Waals surface area contributed by atoms with Gasteiger partial charge in [0.1, 0.15) is 5.75 Å². The van der Waals surface area contributed by atoms with Gasteiger partial charge in [0.15, 0.2) is 0 Å². The molecular formula is C15H26N2O. The SMILES string of the molecule is CCCNCCCNCCc1ccccc1OC. The van der Waals surface area contributed by atoms with Gasteiger partial charge in [-0.2, -0.15) is 0 Å². The summed E-state index contributed by atoms with van der Waals surface area (Å²) in [7, 11) is 1.73. The number of hydrogen-bond donors (Lipinski definition) is 2. The van der Waals surface area contributed by atoms with Crippen molar-refractivity contribution in [2.45, 2.75) is 26.2 Å². The lowest BCUT2D eigenvalue weighted by molar-refractivity contribution is 0.409. The lowest BCUT2D eigenvalue weighted by atomic mass is 10.1. The number of methoxy groups -OCH3 is 1. The zero-order chi connectivity index (χ0) is 13.1. The second-order valence-electron chi connectivity index (χ2n) is 4.42. The summed E-state index contributed by atoms with van der Waals surface area (Å²) in [5.74, 6) is 0.990. The first-order valence-corrected chi connectivity index (χ1v) is 6.91. The van der Waals surface area contributed by atoms with E-state index in [0.717, 1.165) is 38.3 Å². The van der Waals surface area contributed by atoms with Crippen LogP contribution in [-0.2, 0) is 6.42 Å². The molecule has 2 N–H and O–H groups in total. The molecule has 0 aliphatic heterocycles. The van der Waals surface area contributed by atoms with Crippen LogP contribution in [0, 0.1) is 0 Å². The lowest BCUT2D eigenvalue weighted by Gasteiger charge is -2.09. The van der Waals surface area contributed by atoms with Crippen LogP contribution >= 0.6 is 0 Å². The Hall–Kier alpha value is -1.06. The van der Waals surface area contributed by atoms with Gasteiger partial charge in [0.05, 0.1) is 7.11 Å². The van der Waals surface area contributed by atoms with E-state index in [0.29, 0.717) is 0 Å². The van der Waals surface area contributed by atoms with E-state index >= 15 is 0 Å². The maximum Gasteiger partial charge on any atom is 0.122 e. The molecule has 18 heavy (non-hydrogen) atoms. The van der Waals surface area contributed by atoms with Crippen LogP contribution in [-0.4, -0.2) is 33.3 Å². The second kappa shape index (κ2) is 9.92. The number of benzene rings is 1. The van der Waals surface area contributed by atoms with Crippen LogP contribution in [0.25, 0.3) is 0 Å². The predicted octanol–water partition coefficient (Wildman–Crippen LogP) is 2.22. The highest BCUT2D eigenvalue weighted by Crippen LogP contribution is 2.16. The van der Waals surface area contributed by atoms with Crippen molar-refractivity contribution in [1.29, 1.82) is 0 Å². The number of nitrogens with one attached hydrogen (secondary N) is 2. The van der Waals surface area contributed by atoms with Crippen molar-refractivity contribution in [3.8, 4) is 5.75 Å². The normalized spacial score (nSPS) is 10.6. The van der Waals surface area contributed by atoms with E-state index in [2.05, 4.69) is 29.7 Å². The first-order valence-electron chi connectivity index (χ1n) is 6.91. The third kappa shape index (κ3) is 6.03. The maximum absolute atomic E-state index is 5.33. The van der Waals surface area contributed by atoms with Crippen molar-refractivity contribution >= 4 is 0 Å². The first kappa shape index (κ1) is 15.0. The maximum atomic E-state index is 5.33. The molecule has 3 heteroatoms. The molecule has 0 heterocycles. The molecule has 1 rings (SSSR count). The second-order valence-corrected chi connectivity index (χ2v) is 4.42. The monoisotopic (exact) mass is 250 g/mol. The quantitative estimate of drug-likeness (QED) is 0.625. The van der Waals surface area contributed by atoms with Crippen molar-refractivity contribution in [1.82, 2.24) is 10.6 Å². The minimum absolute atomic E-state index is 0.990. The topological polar surface area (TPSA) is 33.3 Å². The molecule has 102 valence electrons. The number of ether oxygens (including phenoxy) is 1. The highest BCUT2D eigenvalue weighted by atomic mass is 16.5. The fraction of sp³-hybridized carbons (Fsp3) is 0.600. The smallest absolute Gasteiger partial charge is 0.122 e. The fourth-order valence-electron chi connectivity index (χ4n) is 1.90. The zero-order valence-electron chi connectivity index (χ0n) is 11.7. The Morgan fingerprint density at radius 2 is 1.72 bits per heavy atom. The van der Waals surface area contributed by atoms with Gasteiger partial charge in [-0.15, -0.1) is 0 Å². The lowest BCUT2D eigenvalue weighted by Crippen LogP contribution is -2.24. The van der Waals surface area contributed by atoms with Crippen LogP contribution in [0.1, 0.15) is 25.3 Å². The van der Waals surface area contributed by atoms with E-state index < -0.39 is 0 Å². The van der Waals surface area contributed by atoms with Crippen LogP contribution in [0.15, 0.2) is 24.3 Å². The Kier molecular flexibility index (Phi) is 8.26. The summed E-state index contributed by atoms with van der Waals surface area (Å²) < 4.78 is 5.33. The van der Waals surface area contributed by atoms with E-state index in [1.54, 1.807) is 7.11 Å². The summed E-state index contributed by atoms with van der Waals surface area (Å²) in [5.41, 5.74) is 1.27. The largest absolute Gasteiger partial charge is 0.496 e. The molecule has 0 aliphatic carbocycles. The minimum atomic E-state index is 0.990. The van der Waals surface area contributed by atoms with E-state index in [-0.39, 0.29) is 0 Å². The van der Waals surface area contributed by atoms with Crippen LogP contribution in [0.3, 0.4) is 0 Å². The van der Waals surface area contributed by atoms with Crippen molar-refractivity contribution < 1.29 is 4.74 Å². The number of hydrogen-bond acceptors (Lipinski definition) is 3. The molecule has 1 aromatic rings. The number of para-hydroxylation sites is 1. The molecule has 3 nitrogen and oxygen atoms in total. The van der Waals surface area contributed by atoms with Crippen molar-refractivity contribution in [3.05, 3.63) is 29.8 Å². The van der Waals surface area contributed by atoms with Gasteiger partial charge in [-0.1, -0.05) is 25.1 Å². The van der Waals surface area contributed by atoms with Gasteiger partial charge in [-0.05, 0) is 57.1 Å². The molecule has 0 atom stereocenters. The Labute approximate surface area is 111 Å². The molecule has 0 fully saturated rings. The van der Waals surface area contributed by atoms with Crippen LogP contribution in [0.5, 0.6) is 5.75 Å². The van der Waals surface area contributed by atoms with Crippen molar-refractivity contribution in [2.75, 3.05) is 33.3 Å². The third-order valence-corrected chi connectivity index (χ3v) is 2.90. The molecule has 0 bridgehead atoms. The summed E-state index contributed by atoms with van der Waals surface area (Å²) in [6.07, 6.45) is 3.42. The summed E-state index contributed by atoms with van der Waals surface area (Å²) in [6, 6.07) is 8.22. The van der Waals surface area contributed by atoms with E-state index in [9.17, 15) is 0 Å². The standard InChI is InChI=1S/C15H26N2O/c1-3-10-16-11-6-12-17-13-9-14-7-4-5-8-15(14)18-2/h4-5,7-8,16-17H,3,6,9-13H2,1-2H3. The van der Waals surface area contributed by atoms with Crippen LogP contribution in [0.4, 0.5) is 0 Å². The summed E-state index contributed by atoms with van der Waals surface area (Å²) in [4.78, 5) is 0. The predicted molar refractivity (Wildman–Crippen MR) is 77.3 cm³/mol. The number of rotatable bonds is 10. The Balaban J connectivity index is 2.07. The Bertz CT molecular complexity index is 315. The molecule has 0 spiro atoms. The van der Waals surface area contributed by atoms with Gasteiger partial charge >= 0.3 is 0 Å². The summed E-state index contributed by atoms with van der Waals surface area (Å²) >= 11 is 0. The molecule has 0 unspecified atom stereocenters.